The van der Waals surface area contributed by atoms with Crippen molar-refractivity contribution >= 4 is 36.0 Å². The van der Waals surface area contributed by atoms with E-state index in [0.29, 0.717) is 12.8 Å². The smallest absolute Gasteiger partial charge is 0.327 e. The number of nitrogens with zero attached hydrogens (tertiary/aromatic N) is 6. The average Bonchev–Trinajstić information content (AvgIpc) is 3.07. The number of rotatable bonds is 14. The topological polar surface area (TPSA) is 149 Å². The van der Waals surface area contributed by atoms with Gasteiger partial charge in [-0.3, -0.25) is 19.4 Å². The minimum Gasteiger partial charge on any atom is -0.378 e. The first kappa shape index (κ1) is 27.8. The first-order chi connectivity index (χ1) is 16.5. The van der Waals surface area contributed by atoms with Gasteiger partial charge in [0.25, 0.3) is 11.8 Å². The van der Waals surface area contributed by atoms with Gasteiger partial charge in [0, 0.05) is 13.1 Å². The standard InChI is InChI=1S/C22H32N6O7/c1-21(2)17(31)25(19(33)27(21)9-5-7-23-15-29)11-13-35-14-12-26-18(32)22(3,4)28(20(26)34)10-6-8-24-16-30/h5-14H2,1-4H3. The van der Waals surface area contributed by atoms with Gasteiger partial charge < -0.3 is 14.5 Å². The highest BCUT2D eigenvalue weighted by Gasteiger charge is 2.51. The van der Waals surface area contributed by atoms with Gasteiger partial charge in [-0.1, -0.05) is 0 Å². The minimum atomic E-state index is -1.03. The minimum absolute atomic E-state index is 0.0286. The fraction of sp³-hybridized carbons (Fsp3) is 0.727. The lowest BCUT2D eigenvalue weighted by molar-refractivity contribution is -0.132. The van der Waals surface area contributed by atoms with Crippen LogP contribution in [0.3, 0.4) is 0 Å². The van der Waals surface area contributed by atoms with Gasteiger partial charge in [0.1, 0.15) is 11.1 Å². The predicted octanol–water partition coefficient (Wildman–Crippen LogP) is 0.540. The van der Waals surface area contributed by atoms with E-state index in [2.05, 4.69) is 9.98 Å². The molecule has 0 saturated carbocycles. The van der Waals surface area contributed by atoms with Crippen molar-refractivity contribution in [3.63, 3.8) is 0 Å². The SMILES string of the molecule is CC1(C)C(=O)N(CCOCCN2C(=O)N(CCCN=C=O)C(C)(C)C2=O)C(=O)N1CCCN=C=O. The van der Waals surface area contributed by atoms with E-state index in [1.54, 1.807) is 27.7 Å². The summed E-state index contributed by atoms with van der Waals surface area (Å²) in [6.45, 7) is 7.74. The number of carbonyl (C=O) groups excluding carboxylic acids is 6. The van der Waals surface area contributed by atoms with Crippen LogP contribution in [-0.2, 0) is 23.9 Å². The maximum absolute atomic E-state index is 12.7. The molecule has 2 rings (SSSR count). The van der Waals surface area contributed by atoms with Crippen LogP contribution >= 0.6 is 0 Å². The maximum atomic E-state index is 12.7. The highest BCUT2D eigenvalue weighted by molar-refractivity contribution is 6.07. The van der Waals surface area contributed by atoms with Crippen molar-refractivity contribution in [1.29, 1.82) is 0 Å². The number of urea groups is 2. The summed E-state index contributed by atoms with van der Waals surface area (Å²) in [6, 6.07) is -0.889. The van der Waals surface area contributed by atoms with Crippen LogP contribution in [0.4, 0.5) is 9.59 Å². The molecule has 0 N–H and O–H groups in total. The monoisotopic (exact) mass is 492 g/mol. The van der Waals surface area contributed by atoms with Gasteiger partial charge in [-0.25, -0.2) is 29.2 Å². The molecule has 0 spiro atoms. The number of isocyanates is 2. The number of hydrogen-bond acceptors (Lipinski definition) is 9. The third-order valence-corrected chi connectivity index (χ3v) is 6.16. The second kappa shape index (κ2) is 11.8. The molecule has 192 valence electrons. The van der Waals surface area contributed by atoms with E-state index in [9.17, 15) is 28.8 Å². The van der Waals surface area contributed by atoms with Crippen molar-refractivity contribution in [2.24, 2.45) is 9.98 Å². The van der Waals surface area contributed by atoms with Gasteiger partial charge in [0.15, 0.2) is 0 Å². The van der Waals surface area contributed by atoms with Crippen LogP contribution in [0.2, 0.25) is 0 Å². The molecule has 0 aromatic rings. The molecule has 13 heteroatoms. The average molecular weight is 493 g/mol. The Hall–Kier alpha value is -3.40. The third kappa shape index (κ3) is 6.00. The number of amides is 6. The summed E-state index contributed by atoms with van der Waals surface area (Å²) in [7, 11) is 0. The molecule has 0 aromatic carbocycles. The Morgan fingerprint density at radius 3 is 1.40 bits per heavy atom. The normalized spacial score (nSPS) is 18.9. The number of carbonyl (C=O) groups is 4. The zero-order valence-corrected chi connectivity index (χ0v) is 20.6. The second-order valence-corrected chi connectivity index (χ2v) is 9.17. The Bertz CT molecular complexity index is 863. The van der Waals surface area contributed by atoms with Crippen molar-refractivity contribution in [1.82, 2.24) is 19.6 Å². The van der Waals surface area contributed by atoms with Gasteiger partial charge >= 0.3 is 12.1 Å². The third-order valence-electron chi connectivity index (χ3n) is 6.16. The van der Waals surface area contributed by atoms with Gasteiger partial charge in [-0.05, 0) is 40.5 Å². The van der Waals surface area contributed by atoms with Gasteiger partial charge in [0.2, 0.25) is 12.2 Å². The molecule has 2 fully saturated rings. The van der Waals surface area contributed by atoms with Crippen LogP contribution in [0, 0.1) is 0 Å². The molecule has 6 amide bonds. The number of aliphatic imine (C=N–C) groups is 2. The molecule has 2 heterocycles. The van der Waals surface area contributed by atoms with Crippen molar-refractivity contribution in [3.8, 4) is 0 Å². The summed E-state index contributed by atoms with van der Waals surface area (Å²) in [5, 5.41) is 0. The second-order valence-electron chi connectivity index (χ2n) is 9.17. The Morgan fingerprint density at radius 1 is 0.686 bits per heavy atom. The summed E-state index contributed by atoms with van der Waals surface area (Å²) in [5.74, 6) is -0.711. The molecule has 0 aromatic heterocycles. The van der Waals surface area contributed by atoms with E-state index < -0.39 is 23.1 Å². The molecule has 0 aliphatic carbocycles. The molecule has 2 aliphatic rings. The molecular weight excluding hydrogens is 460 g/mol. The number of imide groups is 2. The maximum Gasteiger partial charge on any atom is 0.327 e. The molecule has 2 saturated heterocycles. The summed E-state index contributed by atoms with van der Waals surface area (Å²) in [4.78, 5) is 83.3. The number of ether oxygens (including phenoxy) is 1. The Morgan fingerprint density at radius 2 is 1.06 bits per heavy atom. The lowest BCUT2D eigenvalue weighted by Gasteiger charge is -2.27. The first-order valence-electron chi connectivity index (χ1n) is 11.4. The number of hydrogen-bond donors (Lipinski definition) is 0. The van der Waals surface area contributed by atoms with Crippen LogP contribution in [0.1, 0.15) is 40.5 Å². The zero-order valence-electron chi connectivity index (χ0n) is 20.6. The lowest BCUT2D eigenvalue weighted by Crippen LogP contribution is -2.44. The van der Waals surface area contributed by atoms with E-state index in [-0.39, 0.29) is 64.3 Å². The molecule has 0 bridgehead atoms. The summed E-state index contributed by atoms with van der Waals surface area (Å²) >= 11 is 0. The van der Waals surface area contributed by atoms with Gasteiger partial charge in [-0.2, -0.15) is 0 Å². The quantitative estimate of drug-likeness (QED) is 0.149. The first-order valence-corrected chi connectivity index (χ1v) is 11.4. The van der Waals surface area contributed by atoms with Crippen molar-refractivity contribution in [3.05, 3.63) is 0 Å². The van der Waals surface area contributed by atoms with E-state index in [1.165, 1.54) is 22.0 Å². The Labute approximate surface area is 203 Å². The largest absolute Gasteiger partial charge is 0.378 e. The fourth-order valence-electron chi connectivity index (χ4n) is 4.10. The summed E-state index contributed by atoms with van der Waals surface area (Å²) in [6.07, 6.45) is 3.74. The molecule has 2 aliphatic heterocycles. The van der Waals surface area contributed by atoms with Crippen molar-refractivity contribution in [2.75, 3.05) is 52.5 Å². The molecule has 0 radical (unpaired) electrons. The fourth-order valence-corrected chi connectivity index (χ4v) is 4.10. The van der Waals surface area contributed by atoms with E-state index >= 15 is 0 Å². The molecule has 35 heavy (non-hydrogen) atoms. The van der Waals surface area contributed by atoms with Crippen LogP contribution < -0.4 is 0 Å². The van der Waals surface area contributed by atoms with Gasteiger partial charge in [-0.15, -0.1) is 0 Å². The van der Waals surface area contributed by atoms with Crippen molar-refractivity contribution < 1.29 is 33.5 Å². The predicted molar refractivity (Wildman–Crippen MR) is 122 cm³/mol. The molecular formula is C22H32N6O7. The lowest BCUT2D eigenvalue weighted by atomic mass is 10.0. The Balaban J connectivity index is 1.84. The van der Waals surface area contributed by atoms with Crippen LogP contribution in [0.5, 0.6) is 0 Å². The zero-order chi connectivity index (χ0) is 26.2. The summed E-state index contributed by atoms with van der Waals surface area (Å²) in [5.41, 5.74) is -2.05. The molecule has 0 unspecified atom stereocenters. The Kier molecular flexibility index (Phi) is 9.41. The van der Waals surface area contributed by atoms with E-state index in [1.807, 2.05) is 0 Å². The van der Waals surface area contributed by atoms with Crippen LogP contribution in [-0.4, -0.2) is 119 Å². The highest BCUT2D eigenvalue weighted by Crippen LogP contribution is 2.28. The highest BCUT2D eigenvalue weighted by atomic mass is 16.5. The van der Waals surface area contributed by atoms with Crippen LogP contribution in [0.25, 0.3) is 0 Å². The van der Waals surface area contributed by atoms with Crippen molar-refractivity contribution in [2.45, 2.75) is 51.6 Å². The van der Waals surface area contributed by atoms with Crippen LogP contribution in [0.15, 0.2) is 9.98 Å². The van der Waals surface area contributed by atoms with E-state index in [4.69, 9.17) is 4.74 Å². The van der Waals surface area contributed by atoms with Gasteiger partial charge in [0.05, 0.1) is 39.4 Å². The molecule has 13 nitrogen and oxygen atoms in total. The van der Waals surface area contributed by atoms with E-state index in [0.717, 1.165) is 9.80 Å². The summed E-state index contributed by atoms with van der Waals surface area (Å²) < 4.78 is 5.54. The molecule has 0 atom stereocenters.